The molecule has 0 saturated heterocycles. The first-order chi connectivity index (χ1) is 18.6. The Balaban J connectivity index is 1.60. The number of halogens is 4. The topological polar surface area (TPSA) is 80.2 Å². The number of nitrogens with one attached hydrogen (secondary N) is 1. The number of hydrogen-bond acceptors (Lipinski definition) is 5. The fourth-order valence-corrected chi connectivity index (χ4v) is 4.51. The molecule has 0 saturated carbocycles. The van der Waals surface area contributed by atoms with Crippen LogP contribution in [-0.2, 0) is 28.7 Å². The van der Waals surface area contributed by atoms with Crippen LogP contribution in [0, 0.1) is 0 Å². The first kappa shape index (κ1) is 28.6. The number of amides is 1. The Kier molecular flexibility index (Phi) is 8.97. The zero-order valence-corrected chi connectivity index (χ0v) is 22.8. The number of aliphatic hydroxyl groups excluding tert-OH is 1. The first-order valence-electron chi connectivity index (χ1n) is 12.4. The maximum Gasteiger partial charge on any atom is 0.416 e. The number of benzene rings is 3. The average Bonchev–Trinajstić information content (AvgIpc) is 3.25. The van der Waals surface area contributed by atoms with Gasteiger partial charge < -0.3 is 19.9 Å². The van der Waals surface area contributed by atoms with Gasteiger partial charge in [-0.3, -0.25) is 4.79 Å². The summed E-state index contributed by atoms with van der Waals surface area (Å²) in [5, 5.41) is 11.7. The average molecular weight is 605 g/mol. The van der Waals surface area contributed by atoms with Gasteiger partial charge in [0, 0.05) is 36.0 Å². The van der Waals surface area contributed by atoms with Crippen LogP contribution in [0.4, 0.5) is 13.2 Å². The predicted octanol–water partition coefficient (Wildman–Crippen LogP) is 5.69. The minimum atomic E-state index is -4.48. The third-order valence-electron chi connectivity index (χ3n) is 6.42. The lowest BCUT2D eigenvalue weighted by molar-refractivity contribution is -0.137. The molecule has 0 fully saturated rings. The molecule has 1 heterocycles. The lowest BCUT2D eigenvalue weighted by atomic mass is 9.86. The summed E-state index contributed by atoms with van der Waals surface area (Å²) in [5.41, 5.74) is -0.300. The molecule has 0 aromatic heterocycles. The Morgan fingerprint density at radius 3 is 2.49 bits per heavy atom. The van der Waals surface area contributed by atoms with Crippen LogP contribution in [0.2, 0.25) is 0 Å². The van der Waals surface area contributed by atoms with Gasteiger partial charge in [-0.1, -0.05) is 40.2 Å². The van der Waals surface area contributed by atoms with Gasteiger partial charge in [0.15, 0.2) is 5.54 Å². The monoisotopic (exact) mass is 604 g/mol. The van der Waals surface area contributed by atoms with Crippen LogP contribution >= 0.6 is 15.9 Å². The zero-order chi connectivity index (χ0) is 28.0. The van der Waals surface area contributed by atoms with E-state index in [4.69, 9.17) is 19.6 Å². The van der Waals surface area contributed by atoms with Crippen molar-refractivity contribution in [2.75, 3.05) is 13.2 Å². The molecule has 0 bridgehead atoms. The quantitative estimate of drug-likeness (QED) is 0.291. The molecule has 2 atom stereocenters. The van der Waals surface area contributed by atoms with Crippen molar-refractivity contribution in [2.45, 2.75) is 44.1 Å². The normalized spacial score (nSPS) is 18.8. The highest BCUT2D eigenvalue weighted by Gasteiger charge is 2.50. The number of hydrogen-bond donors (Lipinski definition) is 2. The molecular formula is C29H28BrF3N2O4. The molecule has 3 aromatic carbocycles. The predicted molar refractivity (Wildman–Crippen MR) is 145 cm³/mol. The number of rotatable bonds is 10. The van der Waals surface area contributed by atoms with E-state index in [1.54, 1.807) is 31.2 Å². The summed E-state index contributed by atoms with van der Waals surface area (Å²) < 4.78 is 52.0. The first-order valence-corrected chi connectivity index (χ1v) is 13.2. The van der Waals surface area contributed by atoms with Crippen molar-refractivity contribution in [3.05, 3.63) is 99.5 Å². The van der Waals surface area contributed by atoms with Gasteiger partial charge in [0.1, 0.15) is 11.9 Å². The van der Waals surface area contributed by atoms with Crippen LogP contribution in [0.5, 0.6) is 5.75 Å². The molecule has 1 amide bonds. The smallest absolute Gasteiger partial charge is 0.416 e. The third-order valence-corrected chi connectivity index (χ3v) is 6.95. The lowest BCUT2D eigenvalue weighted by Crippen LogP contribution is -2.52. The van der Waals surface area contributed by atoms with Gasteiger partial charge in [0.2, 0.25) is 5.90 Å². The van der Waals surface area contributed by atoms with E-state index < -0.39 is 29.3 Å². The summed E-state index contributed by atoms with van der Waals surface area (Å²) in [6, 6.07) is 19.4. The highest BCUT2D eigenvalue weighted by molar-refractivity contribution is 9.10. The Bertz CT molecular complexity index is 1310. The van der Waals surface area contributed by atoms with Crippen LogP contribution in [0.1, 0.15) is 35.6 Å². The van der Waals surface area contributed by atoms with Crippen molar-refractivity contribution in [1.82, 2.24) is 5.32 Å². The van der Waals surface area contributed by atoms with E-state index >= 15 is 0 Å². The fourth-order valence-electron chi connectivity index (χ4n) is 4.25. The molecule has 4 rings (SSSR count). The summed E-state index contributed by atoms with van der Waals surface area (Å²) in [6.07, 6.45) is -4.39. The largest absolute Gasteiger partial charge is 0.494 e. The minimum Gasteiger partial charge on any atom is -0.494 e. The summed E-state index contributed by atoms with van der Waals surface area (Å²) in [7, 11) is 0. The molecule has 0 aliphatic carbocycles. The van der Waals surface area contributed by atoms with Crippen molar-refractivity contribution in [3.63, 3.8) is 0 Å². The van der Waals surface area contributed by atoms with E-state index in [0.717, 1.165) is 22.2 Å². The summed E-state index contributed by atoms with van der Waals surface area (Å²) in [4.78, 5) is 18.5. The highest BCUT2D eigenvalue weighted by Crippen LogP contribution is 2.34. The second-order valence-corrected chi connectivity index (χ2v) is 10.2. The van der Waals surface area contributed by atoms with Gasteiger partial charge in [-0.25, -0.2) is 4.99 Å². The van der Waals surface area contributed by atoms with Crippen molar-refractivity contribution >= 4 is 27.7 Å². The second-order valence-electron chi connectivity index (χ2n) is 9.24. The summed E-state index contributed by atoms with van der Waals surface area (Å²) in [5.74, 6) is 0.462. The number of carbonyl (C=O) groups excluding carboxylic acids is 1. The van der Waals surface area contributed by atoms with Gasteiger partial charge in [0.25, 0.3) is 5.91 Å². The molecule has 206 valence electrons. The van der Waals surface area contributed by atoms with E-state index in [0.29, 0.717) is 29.9 Å². The highest BCUT2D eigenvalue weighted by atomic mass is 79.9. The summed E-state index contributed by atoms with van der Waals surface area (Å²) >= 11 is 3.41. The van der Waals surface area contributed by atoms with Crippen LogP contribution in [-0.4, -0.2) is 41.8 Å². The number of aliphatic imine (C=N–C) groups is 1. The SMILES string of the molecule is C[C@H]1OC(c2ccc(OCCCO)cc2)=N[C@@]1(Cc1ccc(Br)cc1)C(=O)NCc1cccc(C(F)(F)F)c1. The summed E-state index contributed by atoms with van der Waals surface area (Å²) in [6.45, 7) is 2.08. The van der Waals surface area contributed by atoms with Crippen molar-refractivity contribution in [1.29, 1.82) is 0 Å². The molecule has 2 N–H and O–H groups in total. The zero-order valence-electron chi connectivity index (χ0n) is 21.2. The van der Waals surface area contributed by atoms with Gasteiger partial charge in [-0.15, -0.1) is 0 Å². The van der Waals surface area contributed by atoms with Crippen LogP contribution in [0.25, 0.3) is 0 Å². The standard InChI is InChI=1S/C29H28BrF3N2O4/c1-19-28(17-20-6-10-24(30)11-7-20,27(37)34-18-21-4-2-5-23(16-21)29(31,32)33)35-26(39-19)22-8-12-25(13-9-22)38-15-3-14-36/h2,4-13,16,19,36H,3,14-15,17-18H2,1H3,(H,34,37)/t19-,28-/m1/s1. The number of nitrogens with zero attached hydrogens (tertiary/aromatic N) is 1. The Morgan fingerprint density at radius 2 is 1.82 bits per heavy atom. The molecule has 1 aliphatic heterocycles. The number of ether oxygens (including phenoxy) is 2. The Hall–Kier alpha value is -3.37. The molecule has 0 radical (unpaired) electrons. The minimum absolute atomic E-state index is 0.0386. The number of aliphatic hydroxyl groups is 1. The van der Waals surface area contributed by atoms with E-state index in [-0.39, 0.29) is 25.5 Å². The Morgan fingerprint density at radius 1 is 1.10 bits per heavy atom. The van der Waals surface area contributed by atoms with Gasteiger partial charge >= 0.3 is 6.18 Å². The molecule has 1 aliphatic rings. The van der Waals surface area contributed by atoms with E-state index in [9.17, 15) is 18.0 Å². The van der Waals surface area contributed by atoms with Crippen molar-refractivity contribution in [3.8, 4) is 5.75 Å². The maximum absolute atomic E-state index is 13.7. The molecule has 10 heteroatoms. The fraction of sp³-hybridized carbons (Fsp3) is 0.310. The molecule has 0 unspecified atom stereocenters. The Labute approximate surface area is 233 Å². The van der Waals surface area contributed by atoms with Crippen LogP contribution in [0.3, 0.4) is 0 Å². The lowest BCUT2D eigenvalue weighted by Gasteiger charge is -2.28. The molecule has 6 nitrogen and oxygen atoms in total. The molecule has 39 heavy (non-hydrogen) atoms. The molecular weight excluding hydrogens is 577 g/mol. The maximum atomic E-state index is 13.7. The number of carbonyl (C=O) groups is 1. The van der Waals surface area contributed by atoms with Crippen LogP contribution < -0.4 is 10.1 Å². The third kappa shape index (κ3) is 6.99. The van der Waals surface area contributed by atoms with Gasteiger partial charge in [-0.2, -0.15) is 13.2 Å². The van der Waals surface area contributed by atoms with Gasteiger partial charge in [0.05, 0.1) is 12.2 Å². The van der Waals surface area contributed by atoms with E-state index in [1.807, 2.05) is 24.3 Å². The second kappa shape index (κ2) is 12.2. The molecule has 3 aromatic rings. The van der Waals surface area contributed by atoms with Crippen molar-refractivity contribution < 1.29 is 32.5 Å². The molecule has 0 spiro atoms. The number of alkyl halides is 3. The van der Waals surface area contributed by atoms with Crippen molar-refractivity contribution in [2.24, 2.45) is 4.99 Å². The van der Waals surface area contributed by atoms with E-state index in [2.05, 4.69) is 21.2 Å². The van der Waals surface area contributed by atoms with E-state index in [1.165, 1.54) is 12.1 Å². The van der Waals surface area contributed by atoms with Crippen LogP contribution in [0.15, 0.2) is 82.3 Å². The van der Waals surface area contributed by atoms with Gasteiger partial charge in [-0.05, 0) is 66.6 Å².